The van der Waals surface area contributed by atoms with E-state index in [0.29, 0.717) is 0 Å². The molecular weight excluding hydrogens is 208 g/mol. The molecule has 0 saturated carbocycles. The summed E-state index contributed by atoms with van der Waals surface area (Å²) < 4.78 is 2.10. The van der Waals surface area contributed by atoms with E-state index in [1.807, 2.05) is 30.9 Å². The molecule has 0 unspecified atom stereocenters. The fourth-order valence-corrected chi connectivity index (χ4v) is 2.29. The zero-order chi connectivity index (χ0) is 10.7. The molecule has 0 radical (unpaired) electrons. The first-order valence-electron chi connectivity index (χ1n) is 4.94. The zero-order valence-electron chi connectivity index (χ0n) is 8.68. The molecule has 2 aromatic heterocycles. The zero-order valence-corrected chi connectivity index (χ0v) is 9.50. The van der Waals surface area contributed by atoms with Crippen LogP contribution in [-0.4, -0.2) is 14.7 Å². The molecule has 0 aliphatic rings. The van der Waals surface area contributed by atoms with Crippen molar-refractivity contribution in [3.05, 3.63) is 40.1 Å². The molecule has 1 N–H and O–H groups in total. The third kappa shape index (κ3) is 2.46. The molecule has 0 aliphatic carbocycles. The van der Waals surface area contributed by atoms with Crippen LogP contribution in [0.3, 0.4) is 0 Å². The summed E-state index contributed by atoms with van der Waals surface area (Å²) in [5.41, 5.74) is 3.99. The Hall–Kier alpha value is -1.13. The number of thiazole rings is 1. The molecule has 15 heavy (non-hydrogen) atoms. The average molecular weight is 222 g/mol. The van der Waals surface area contributed by atoms with Gasteiger partial charge in [-0.15, -0.1) is 11.3 Å². The molecule has 2 aromatic rings. The van der Waals surface area contributed by atoms with Crippen LogP contribution < -0.4 is 0 Å². The van der Waals surface area contributed by atoms with Crippen LogP contribution in [0.1, 0.15) is 16.1 Å². The van der Waals surface area contributed by atoms with Crippen molar-refractivity contribution in [1.29, 1.82) is 0 Å². The molecule has 0 spiro atoms. The molecule has 0 fully saturated rings. The van der Waals surface area contributed by atoms with E-state index in [2.05, 4.69) is 9.55 Å². The smallest absolute Gasteiger partial charge is 0.0797 e. The summed E-state index contributed by atoms with van der Waals surface area (Å²) >= 11 is 1.71. The molecule has 3 nitrogen and oxygen atoms in total. The first-order valence-corrected chi connectivity index (χ1v) is 5.82. The molecule has 80 valence electrons. The molecule has 0 amide bonds. The van der Waals surface area contributed by atoms with Crippen LogP contribution >= 0.6 is 11.3 Å². The molecule has 0 aromatic carbocycles. The summed E-state index contributed by atoms with van der Waals surface area (Å²) in [4.78, 5) is 5.56. The summed E-state index contributed by atoms with van der Waals surface area (Å²) in [7, 11) is 0. The van der Waals surface area contributed by atoms with Crippen LogP contribution in [-0.2, 0) is 19.6 Å². The maximum absolute atomic E-state index is 8.93. The lowest BCUT2D eigenvalue weighted by Crippen LogP contribution is -1.98. The van der Waals surface area contributed by atoms with Gasteiger partial charge in [0, 0.05) is 30.2 Å². The van der Waals surface area contributed by atoms with Crippen molar-refractivity contribution >= 4 is 11.3 Å². The average Bonchev–Trinajstić information content (AvgIpc) is 2.84. The molecule has 2 rings (SSSR count). The third-order valence-corrected chi connectivity index (χ3v) is 3.43. The molecule has 0 aliphatic heterocycles. The molecule has 0 bridgehead atoms. The Balaban J connectivity index is 1.96. The second-order valence-electron chi connectivity index (χ2n) is 3.53. The van der Waals surface area contributed by atoms with E-state index in [1.165, 1.54) is 4.88 Å². The van der Waals surface area contributed by atoms with Crippen LogP contribution in [0.4, 0.5) is 0 Å². The standard InChI is InChI=1S/C11H14N2OS/c1-9-11(15-8-12-9)3-5-13-4-2-10(6-13)7-14/h2,4,6,8,14H,3,5,7H2,1H3. The molecule has 0 saturated heterocycles. The van der Waals surface area contributed by atoms with Crippen molar-refractivity contribution in [1.82, 2.24) is 9.55 Å². The fraction of sp³-hybridized carbons (Fsp3) is 0.364. The van der Waals surface area contributed by atoms with Crippen LogP contribution in [0.15, 0.2) is 24.0 Å². The first kappa shape index (κ1) is 10.4. The van der Waals surface area contributed by atoms with Crippen molar-refractivity contribution in [2.24, 2.45) is 0 Å². The Labute approximate surface area is 93.0 Å². The Morgan fingerprint density at radius 2 is 2.40 bits per heavy atom. The summed E-state index contributed by atoms with van der Waals surface area (Å²) in [6.07, 6.45) is 4.99. The van der Waals surface area contributed by atoms with Gasteiger partial charge in [0.1, 0.15) is 0 Å². The molecular formula is C11H14N2OS. The van der Waals surface area contributed by atoms with E-state index in [4.69, 9.17) is 5.11 Å². The van der Waals surface area contributed by atoms with Crippen molar-refractivity contribution in [2.45, 2.75) is 26.5 Å². The lowest BCUT2D eigenvalue weighted by atomic mass is 10.3. The minimum Gasteiger partial charge on any atom is -0.392 e. The maximum atomic E-state index is 8.93. The second kappa shape index (κ2) is 4.59. The number of aliphatic hydroxyl groups is 1. The van der Waals surface area contributed by atoms with Crippen molar-refractivity contribution in [3.63, 3.8) is 0 Å². The van der Waals surface area contributed by atoms with E-state index < -0.39 is 0 Å². The quantitative estimate of drug-likeness (QED) is 0.859. The van der Waals surface area contributed by atoms with E-state index in [-0.39, 0.29) is 6.61 Å². The topological polar surface area (TPSA) is 38.0 Å². The summed E-state index contributed by atoms with van der Waals surface area (Å²) in [5, 5.41) is 8.93. The van der Waals surface area contributed by atoms with Gasteiger partial charge >= 0.3 is 0 Å². The van der Waals surface area contributed by atoms with Crippen molar-refractivity contribution in [3.8, 4) is 0 Å². The molecule has 4 heteroatoms. The van der Waals surface area contributed by atoms with Gasteiger partial charge in [0.05, 0.1) is 17.8 Å². The fourth-order valence-electron chi connectivity index (χ4n) is 1.52. The molecule has 0 atom stereocenters. The van der Waals surface area contributed by atoms with Crippen LogP contribution in [0.25, 0.3) is 0 Å². The van der Waals surface area contributed by atoms with Gasteiger partial charge in [-0.25, -0.2) is 4.98 Å². The minimum absolute atomic E-state index is 0.118. The van der Waals surface area contributed by atoms with Crippen LogP contribution in [0.2, 0.25) is 0 Å². The van der Waals surface area contributed by atoms with Crippen LogP contribution in [0.5, 0.6) is 0 Å². The Morgan fingerprint density at radius 1 is 1.53 bits per heavy atom. The monoisotopic (exact) mass is 222 g/mol. The molecule has 2 heterocycles. The number of rotatable bonds is 4. The van der Waals surface area contributed by atoms with Gasteiger partial charge in [-0.2, -0.15) is 0 Å². The highest BCUT2D eigenvalue weighted by molar-refractivity contribution is 7.09. The number of hydrogen-bond acceptors (Lipinski definition) is 3. The van der Waals surface area contributed by atoms with E-state index in [1.54, 1.807) is 11.3 Å². The normalized spacial score (nSPS) is 10.8. The number of aryl methyl sites for hydroxylation is 3. The Kier molecular flexibility index (Phi) is 3.18. The predicted molar refractivity (Wildman–Crippen MR) is 60.9 cm³/mol. The number of nitrogens with zero attached hydrogens (tertiary/aromatic N) is 2. The van der Waals surface area contributed by atoms with Crippen molar-refractivity contribution in [2.75, 3.05) is 0 Å². The summed E-state index contributed by atoms with van der Waals surface area (Å²) in [5.74, 6) is 0. The maximum Gasteiger partial charge on any atom is 0.0797 e. The van der Waals surface area contributed by atoms with E-state index in [0.717, 1.165) is 24.2 Å². The first-order chi connectivity index (χ1) is 7.29. The van der Waals surface area contributed by atoms with Crippen molar-refractivity contribution < 1.29 is 5.11 Å². The Bertz CT molecular complexity index is 433. The van der Waals surface area contributed by atoms with Gasteiger partial charge in [0.25, 0.3) is 0 Å². The highest BCUT2D eigenvalue weighted by Crippen LogP contribution is 2.13. The van der Waals surface area contributed by atoms with Gasteiger partial charge in [0.15, 0.2) is 0 Å². The van der Waals surface area contributed by atoms with E-state index >= 15 is 0 Å². The minimum atomic E-state index is 0.118. The SMILES string of the molecule is Cc1ncsc1CCn1ccc(CO)c1. The van der Waals surface area contributed by atoms with Gasteiger partial charge in [-0.05, 0) is 18.6 Å². The largest absolute Gasteiger partial charge is 0.392 e. The Morgan fingerprint density at radius 3 is 3.00 bits per heavy atom. The highest BCUT2D eigenvalue weighted by atomic mass is 32.1. The lowest BCUT2D eigenvalue weighted by Gasteiger charge is -2.01. The summed E-state index contributed by atoms with van der Waals surface area (Å²) in [6, 6.07) is 1.94. The van der Waals surface area contributed by atoms with Gasteiger partial charge in [0.2, 0.25) is 0 Å². The second-order valence-corrected chi connectivity index (χ2v) is 4.47. The number of hydrogen-bond donors (Lipinski definition) is 1. The van der Waals surface area contributed by atoms with Crippen LogP contribution in [0, 0.1) is 6.92 Å². The predicted octanol–water partition coefficient (Wildman–Crippen LogP) is 1.99. The van der Waals surface area contributed by atoms with Gasteiger partial charge in [-0.3, -0.25) is 0 Å². The number of aliphatic hydroxyl groups excluding tert-OH is 1. The van der Waals surface area contributed by atoms with Gasteiger partial charge < -0.3 is 9.67 Å². The third-order valence-electron chi connectivity index (χ3n) is 2.44. The van der Waals surface area contributed by atoms with Gasteiger partial charge in [-0.1, -0.05) is 0 Å². The highest BCUT2D eigenvalue weighted by Gasteiger charge is 2.01. The summed E-state index contributed by atoms with van der Waals surface area (Å²) in [6.45, 7) is 3.11. The lowest BCUT2D eigenvalue weighted by molar-refractivity contribution is 0.281. The number of aromatic nitrogens is 2. The van der Waals surface area contributed by atoms with E-state index in [9.17, 15) is 0 Å².